The van der Waals surface area contributed by atoms with E-state index in [0.717, 1.165) is 37.6 Å². The first kappa shape index (κ1) is 14.0. The fraction of sp³-hybridized carbons (Fsp3) is 0.643. The van der Waals surface area contributed by atoms with Gasteiger partial charge >= 0.3 is 0 Å². The molecule has 0 unspecified atom stereocenters. The van der Waals surface area contributed by atoms with Crippen molar-refractivity contribution in [3.8, 4) is 0 Å². The highest BCUT2D eigenvalue weighted by atomic mass is 15.2. The van der Waals surface area contributed by atoms with E-state index >= 15 is 0 Å². The molecule has 0 aliphatic rings. The van der Waals surface area contributed by atoms with Gasteiger partial charge in [0.15, 0.2) is 0 Å². The highest BCUT2D eigenvalue weighted by Crippen LogP contribution is 2.15. The van der Waals surface area contributed by atoms with Crippen molar-refractivity contribution in [1.82, 2.24) is 10.3 Å². The predicted octanol–water partition coefficient (Wildman–Crippen LogP) is 2.82. The summed E-state index contributed by atoms with van der Waals surface area (Å²) in [6.07, 6.45) is 1.15. The van der Waals surface area contributed by atoms with Crippen LogP contribution in [0.15, 0.2) is 18.2 Å². The number of pyridine rings is 1. The first-order valence-electron chi connectivity index (χ1n) is 6.62. The maximum absolute atomic E-state index is 4.71. The van der Waals surface area contributed by atoms with Crippen LogP contribution in [0.25, 0.3) is 0 Å². The van der Waals surface area contributed by atoms with Gasteiger partial charge in [-0.05, 0) is 38.9 Å². The SMILES string of the molecule is CCCN(c1cccc(CNCC)n1)C(C)C. The summed E-state index contributed by atoms with van der Waals surface area (Å²) in [7, 11) is 0. The van der Waals surface area contributed by atoms with Crippen LogP contribution in [0.2, 0.25) is 0 Å². The highest BCUT2D eigenvalue weighted by Gasteiger charge is 2.10. The summed E-state index contributed by atoms with van der Waals surface area (Å²) in [4.78, 5) is 7.07. The smallest absolute Gasteiger partial charge is 0.129 e. The van der Waals surface area contributed by atoms with Crippen LogP contribution in [0.4, 0.5) is 5.82 Å². The first-order chi connectivity index (χ1) is 8.19. The molecule has 0 amide bonds. The summed E-state index contributed by atoms with van der Waals surface area (Å²) in [5, 5.41) is 3.31. The number of hydrogen-bond donors (Lipinski definition) is 1. The molecule has 1 N–H and O–H groups in total. The lowest BCUT2D eigenvalue weighted by molar-refractivity contribution is 0.654. The van der Waals surface area contributed by atoms with Crippen LogP contribution in [0, 0.1) is 0 Å². The Hall–Kier alpha value is -1.09. The average molecular weight is 235 g/mol. The van der Waals surface area contributed by atoms with Crippen LogP contribution < -0.4 is 10.2 Å². The monoisotopic (exact) mass is 235 g/mol. The fourth-order valence-electron chi connectivity index (χ4n) is 1.86. The van der Waals surface area contributed by atoms with Gasteiger partial charge in [-0.1, -0.05) is 19.9 Å². The number of hydrogen-bond acceptors (Lipinski definition) is 3. The van der Waals surface area contributed by atoms with E-state index in [-0.39, 0.29) is 0 Å². The fourth-order valence-corrected chi connectivity index (χ4v) is 1.86. The lowest BCUT2D eigenvalue weighted by Crippen LogP contribution is -2.32. The number of nitrogens with one attached hydrogen (secondary N) is 1. The summed E-state index contributed by atoms with van der Waals surface area (Å²) in [5.74, 6) is 1.09. The van der Waals surface area contributed by atoms with Crippen LogP contribution in [-0.4, -0.2) is 24.1 Å². The van der Waals surface area contributed by atoms with Gasteiger partial charge in [0.1, 0.15) is 5.82 Å². The normalized spacial score (nSPS) is 10.9. The van der Waals surface area contributed by atoms with Crippen LogP contribution >= 0.6 is 0 Å². The van der Waals surface area contributed by atoms with Crippen LogP contribution in [0.5, 0.6) is 0 Å². The van der Waals surface area contributed by atoms with Crippen molar-refractivity contribution in [2.75, 3.05) is 18.0 Å². The third-order valence-corrected chi connectivity index (χ3v) is 2.73. The Labute approximate surface area is 105 Å². The molecule has 1 rings (SSSR count). The maximum Gasteiger partial charge on any atom is 0.129 e. The molecule has 3 heteroatoms. The number of rotatable bonds is 7. The second kappa shape index (κ2) is 7.28. The Morgan fingerprint density at radius 3 is 2.65 bits per heavy atom. The minimum absolute atomic E-state index is 0.497. The Morgan fingerprint density at radius 2 is 2.06 bits per heavy atom. The summed E-state index contributed by atoms with van der Waals surface area (Å²) in [6.45, 7) is 11.6. The van der Waals surface area contributed by atoms with Gasteiger partial charge in [0.25, 0.3) is 0 Å². The molecule has 0 saturated heterocycles. The number of aromatic nitrogens is 1. The van der Waals surface area contributed by atoms with Gasteiger partial charge < -0.3 is 10.2 Å². The average Bonchev–Trinajstić information content (AvgIpc) is 2.33. The zero-order chi connectivity index (χ0) is 12.7. The van der Waals surface area contributed by atoms with Crippen molar-refractivity contribution in [2.45, 2.75) is 46.7 Å². The van der Waals surface area contributed by atoms with Crippen LogP contribution in [0.1, 0.15) is 39.8 Å². The quantitative estimate of drug-likeness (QED) is 0.787. The third-order valence-electron chi connectivity index (χ3n) is 2.73. The van der Waals surface area contributed by atoms with E-state index in [9.17, 15) is 0 Å². The van der Waals surface area contributed by atoms with Crippen LogP contribution in [0.3, 0.4) is 0 Å². The molecule has 0 bridgehead atoms. The minimum atomic E-state index is 0.497. The van der Waals surface area contributed by atoms with E-state index in [1.807, 2.05) is 0 Å². The zero-order valence-electron chi connectivity index (χ0n) is 11.5. The standard InChI is InChI=1S/C14H25N3/c1-5-10-17(12(3)4)14-9-7-8-13(16-14)11-15-6-2/h7-9,12,15H,5-6,10-11H2,1-4H3. The molecule has 0 atom stereocenters. The lowest BCUT2D eigenvalue weighted by atomic mass is 10.2. The number of anilines is 1. The second-order valence-electron chi connectivity index (χ2n) is 4.55. The summed E-state index contributed by atoms with van der Waals surface area (Å²) in [5.41, 5.74) is 1.12. The summed E-state index contributed by atoms with van der Waals surface area (Å²) in [6, 6.07) is 6.78. The highest BCUT2D eigenvalue weighted by molar-refractivity contribution is 5.40. The van der Waals surface area contributed by atoms with Crippen LogP contribution in [-0.2, 0) is 6.54 Å². The number of nitrogens with zero attached hydrogens (tertiary/aromatic N) is 2. The van der Waals surface area contributed by atoms with E-state index in [2.05, 4.69) is 56.1 Å². The molecule has 0 fully saturated rings. The molecule has 1 aromatic rings. The van der Waals surface area contributed by atoms with Crippen molar-refractivity contribution in [3.63, 3.8) is 0 Å². The first-order valence-corrected chi connectivity index (χ1v) is 6.62. The zero-order valence-corrected chi connectivity index (χ0v) is 11.5. The molecule has 3 nitrogen and oxygen atoms in total. The molecule has 0 aromatic carbocycles. The Balaban J connectivity index is 2.80. The van der Waals surface area contributed by atoms with Crippen molar-refractivity contribution in [1.29, 1.82) is 0 Å². The second-order valence-corrected chi connectivity index (χ2v) is 4.55. The summed E-state index contributed by atoms with van der Waals surface area (Å²) < 4.78 is 0. The van der Waals surface area contributed by atoms with E-state index in [1.54, 1.807) is 0 Å². The summed E-state index contributed by atoms with van der Waals surface area (Å²) >= 11 is 0. The van der Waals surface area contributed by atoms with Gasteiger partial charge in [0.2, 0.25) is 0 Å². The molecule has 0 saturated carbocycles. The molecular formula is C14H25N3. The topological polar surface area (TPSA) is 28.2 Å². The molecule has 1 heterocycles. The van der Waals surface area contributed by atoms with Crippen molar-refractivity contribution in [3.05, 3.63) is 23.9 Å². The minimum Gasteiger partial charge on any atom is -0.354 e. The van der Waals surface area contributed by atoms with E-state index in [4.69, 9.17) is 4.98 Å². The molecule has 0 spiro atoms. The molecule has 17 heavy (non-hydrogen) atoms. The maximum atomic E-state index is 4.71. The van der Waals surface area contributed by atoms with E-state index < -0.39 is 0 Å². The van der Waals surface area contributed by atoms with Gasteiger partial charge in [-0.25, -0.2) is 4.98 Å². The van der Waals surface area contributed by atoms with E-state index in [0.29, 0.717) is 6.04 Å². The molecular weight excluding hydrogens is 210 g/mol. The third kappa shape index (κ3) is 4.35. The predicted molar refractivity (Wildman–Crippen MR) is 74.4 cm³/mol. The Bertz CT molecular complexity index is 323. The van der Waals surface area contributed by atoms with Crippen molar-refractivity contribution >= 4 is 5.82 Å². The molecule has 0 aliphatic heterocycles. The van der Waals surface area contributed by atoms with Gasteiger partial charge in [-0.2, -0.15) is 0 Å². The van der Waals surface area contributed by atoms with Gasteiger partial charge in [0, 0.05) is 19.1 Å². The van der Waals surface area contributed by atoms with Gasteiger partial charge in [-0.15, -0.1) is 0 Å². The van der Waals surface area contributed by atoms with Crippen molar-refractivity contribution in [2.24, 2.45) is 0 Å². The van der Waals surface area contributed by atoms with Crippen molar-refractivity contribution < 1.29 is 0 Å². The Morgan fingerprint density at radius 1 is 1.29 bits per heavy atom. The lowest BCUT2D eigenvalue weighted by Gasteiger charge is -2.27. The Kier molecular flexibility index (Phi) is 5.98. The molecule has 1 aromatic heterocycles. The molecule has 0 radical (unpaired) electrons. The van der Waals surface area contributed by atoms with Gasteiger partial charge in [0.05, 0.1) is 5.69 Å². The van der Waals surface area contributed by atoms with E-state index in [1.165, 1.54) is 0 Å². The molecule has 96 valence electrons. The molecule has 0 aliphatic carbocycles. The largest absolute Gasteiger partial charge is 0.354 e. The van der Waals surface area contributed by atoms with Gasteiger partial charge in [-0.3, -0.25) is 0 Å².